The lowest BCUT2D eigenvalue weighted by Crippen LogP contribution is -2.40. The molecule has 7 heteroatoms. The van der Waals surface area contributed by atoms with Crippen molar-refractivity contribution in [3.8, 4) is 0 Å². The highest BCUT2D eigenvalue weighted by molar-refractivity contribution is 9.10. The number of hydrogen-bond acceptors (Lipinski definition) is 4. The van der Waals surface area contributed by atoms with Crippen LogP contribution in [0.4, 0.5) is 5.69 Å². The largest absolute Gasteiger partial charge is 0.322 e. The van der Waals surface area contributed by atoms with Crippen molar-refractivity contribution in [1.82, 2.24) is 4.57 Å². The molecule has 0 spiro atoms. The smallest absolute Gasteiger partial charge is 0.271 e. The maximum Gasteiger partial charge on any atom is 0.271 e. The van der Waals surface area contributed by atoms with Gasteiger partial charge >= 0.3 is 0 Å². The van der Waals surface area contributed by atoms with E-state index in [9.17, 15) is 9.59 Å². The Hall–Kier alpha value is -3.55. The fourth-order valence-electron chi connectivity index (χ4n) is 4.03. The van der Waals surface area contributed by atoms with Crippen LogP contribution in [0, 0.1) is 0 Å². The predicted molar refractivity (Wildman–Crippen MR) is 139 cm³/mol. The summed E-state index contributed by atoms with van der Waals surface area (Å²) in [5.41, 5.74) is 3.33. The highest BCUT2D eigenvalue weighted by atomic mass is 79.9. The second kappa shape index (κ2) is 9.37. The standard InChI is InChI=1S/C27H20BrN3O2S/c1-17-23(25(32)30-21-13-6-3-7-14-21)24(19-10-4-2-5-11-19)31-26(33)22(34-27(31)29-17)16-18-9-8-12-20(28)15-18/h2-16,24H,1H3,(H,30,32)/b22-16-/t24-/m1/s1. The number of halogens is 1. The average Bonchev–Trinajstić information content (AvgIpc) is 3.13. The van der Waals surface area contributed by atoms with Crippen molar-refractivity contribution in [2.45, 2.75) is 13.0 Å². The van der Waals surface area contributed by atoms with E-state index < -0.39 is 6.04 Å². The van der Waals surface area contributed by atoms with Gasteiger partial charge in [-0.15, -0.1) is 0 Å². The fraction of sp³-hybridized carbons (Fsp3) is 0.0741. The highest BCUT2D eigenvalue weighted by Crippen LogP contribution is 2.30. The van der Waals surface area contributed by atoms with Crippen LogP contribution >= 0.6 is 27.3 Å². The zero-order chi connectivity index (χ0) is 23.7. The molecule has 34 heavy (non-hydrogen) atoms. The molecular formula is C27H20BrN3O2S. The van der Waals surface area contributed by atoms with Crippen molar-refractivity contribution in [1.29, 1.82) is 0 Å². The minimum absolute atomic E-state index is 0.171. The van der Waals surface area contributed by atoms with E-state index in [0.29, 0.717) is 26.3 Å². The Labute approximate surface area is 208 Å². The van der Waals surface area contributed by atoms with E-state index in [1.807, 2.05) is 97.9 Å². The number of amides is 1. The van der Waals surface area contributed by atoms with Crippen molar-refractivity contribution in [3.63, 3.8) is 0 Å². The van der Waals surface area contributed by atoms with Crippen molar-refractivity contribution < 1.29 is 4.79 Å². The number of carbonyl (C=O) groups excluding carboxylic acids is 1. The van der Waals surface area contributed by atoms with Crippen molar-refractivity contribution in [3.05, 3.63) is 131 Å². The second-order valence-electron chi connectivity index (χ2n) is 7.87. The molecule has 5 nitrogen and oxygen atoms in total. The summed E-state index contributed by atoms with van der Waals surface area (Å²) < 4.78 is 3.14. The van der Waals surface area contributed by atoms with Crippen LogP contribution < -0.4 is 20.2 Å². The minimum Gasteiger partial charge on any atom is -0.322 e. The fourth-order valence-corrected chi connectivity index (χ4v) is 5.49. The molecule has 2 heterocycles. The molecule has 0 fully saturated rings. The van der Waals surface area contributed by atoms with E-state index in [4.69, 9.17) is 0 Å². The van der Waals surface area contributed by atoms with Crippen LogP contribution in [0.2, 0.25) is 0 Å². The number of nitrogens with zero attached hydrogens (tertiary/aromatic N) is 2. The van der Waals surface area contributed by atoms with Crippen molar-refractivity contribution in [2.24, 2.45) is 4.99 Å². The third-order valence-electron chi connectivity index (χ3n) is 5.56. The second-order valence-corrected chi connectivity index (χ2v) is 9.79. The predicted octanol–water partition coefficient (Wildman–Crippen LogP) is 4.64. The minimum atomic E-state index is -0.578. The van der Waals surface area contributed by atoms with Crippen molar-refractivity contribution in [2.75, 3.05) is 5.32 Å². The van der Waals surface area contributed by atoms with Crippen LogP contribution in [-0.2, 0) is 4.79 Å². The number of fused-ring (bicyclic) bond motifs is 1. The van der Waals surface area contributed by atoms with Gasteiger partial charge in [0.1, 0.15) is 0 Å². The number of para-hydroxylation sites is 1. The number of allylic oxidation sites excluding steroid dienone is 1. The molecule has 168 valence electrons. The lowest BCUT2D eigenvalue weighted by atomic mass is 9.95. The molecule has 1 N–H and O–H groups in total. The molecule has 1 atom stereocenters. The molecule has 0 bridgehead atoms. The first-order valence-electron chi connectivity index (χ1n) is 10.7. The number of benzene rings is 3. The Morgan fingerprint density at radius 1 is 1.03 bits per heavy atom. The summed E-state index contributed by atoms with van der Waals surface area (Å²) >= 11 is 4.81. The van der Waals surface area contributed by atoms with Gasteiger partial charge in [0.25, 0.3) is 11.5 Å². The summed E-state index contributed by atoms with van der Waals surface area (Å²) in [6.45, 7) is 1.82. The summed E-state index contributed by atoms with van der Waals surface area (Å²) in [5, 5.41) is 2.96. The summed E-state index contributed by atoms with van der Waals surface area (Å²) in [6.07, 6.45) is 1.86. The van der Waals surface area contributed by atoms with Gasteiger partial charge in [0.15, 0.2) is 4.80 Å². The Morgan fingerprint density at radius 3 is 2.44 bits per heavy atom. The summed E-state index contributed by atoms with van der Waals surface area (Å²) in [5.74, 6) is -0.275. The van der Waals surface area contributed by atoms with E-state index >= 15 is 0 Å². The normalized spacial score (nSPS) is 15.6. The molecule has 0 saturated heterocycles. The molecule has 4 aromatic rings. The molecule has 0 radical (unpaired) electrons. The van der Waals surface area contributed by atoms with Gasteiger partial charge in [0.05, 0.1) is 21.8 Å². The van der Waals surface area contributed by atoms with Gasteiger partial charge in [-0.05, 0) is 48.4 Å². The highest BCUT2D eigenvalue weighted by Gasteiger charge is 2.32. The number of anilines is 1. The Balaban J connectivity index is 1.67. The number of carbonyl (C=O) groups is 1. The lowest BCUT2D eigenvalue weighted by molar-refractivity contribution is -0.113. The van der Waals surface area contributed by atoms with Crippen LogP contribution in [0.15, 0.2) is 110 Å². The van der Waals surface area contributed by atoms with Crippen LogP contribution in [-0.4, -0.2) is 10.5 Å². The van der Waals surface area contributed by atoms with E-state index in [2.05, 4.69) is 26.2 Å². The van der Waals surface area contributed by atoms with Crippen LogP contribution in [0.25, 0.3) is 6.08 Å². The van der Waals surface area contributed by atoms with Gasteiger partial charge in [0.2, 0.25) is 0 Å². The third-order valence-corrected chi connectivity index (χ3v) is 7.04. The van der Waals surface area contributed by atoms with Gasteiger partial charge in [-0.3, -0.25) is 14.2 Å². The number of rotatable bonds is 4. The molecular weight excluding hydrogens is 510 g/mol. The van der Waals surface area contributed by atoms with Gasteiger partial charge in [-0.25, -0.2) is 4.99 Å². The molecule has 0 unspecified atom stereocenters. The molecule has 1 aliphatic rings. The van der Waals surface area contributed by atoms with E-state index in [1.165, 1.54) is 11.3 Å². The number of hydrogen-bond donors (Lipinski definition) is 1. The van der Waals surface area contributed by atoms with Crippen LogP contribution in [0.3, 0.4) is 0 Å². The number of nitrogens with one attached hydrogen (secondary N) is 1. The molecule has 0 saturated carbocycles. The van der Waals surface area contributed by atoms with Crippen LogP contribution in [0.5, 0.6) is 0 Å². The zero-order valence-corrected chi connectivity index (χ0v) is 20.6. The number of aromatic nitrogens is 1. The zero-order valence-electron chi connectivity index (χ0n) is 18.2. The summed E-state index contributed by atoms with van der Waals surface area (Å²) in [4.78, 5) is 32.4. The maximum atomic E-state index is 13.6. The Kier molecular flexibility index (Phi) is 6.13. The van der Waals surface area contributed by atoms with E-state index in [-0.39, 0.29) is 11.5 Å². The quantitative estimate of drug-likeness (QED) is 0.418. The molecule has 1 aromatic heterocycles. The first-order valence-corrected chi connectivity index (χ1v) is 12.3. The van der Waals surface area contributed by atoms with Gasteiger partial charge in [0, 0.05) is 10.2 Å². The molecule has 1 aliphatic heterocycles. The Morgan fingerprint density at radius 2 is 1.74 bits per heavy atom. The monoisotopic (exact) mass is 529 g/mol. The van der Waals surface area contributed by atoms with Gasteiger partial charge in [-0.2, -0.15) is 0 Å². The maximum absolute atomic E-state index is 13.6. The SMILES string of the molecule is CC1=C(C(=O)Nc2ccccc2)[C@@H](c2ccccc2)n2c(s/c(=C\c3cccc(Br)c3)c2=O)=N1. The first kappa shape index (κ1) is 22.3. The van der Waals surface area contributed by atoms with E-state index in [0.717, 1.165) is 15.6 Å². The average molecular weight is 530 g/mol. The molecule has 1 amide bonds. The Bertz CT molecular complexity index is 1590. The van der Waals surface area contributed by atoms with Crippen molar-refractivity contribution >= 4 is 44.9 Å². The van der Waals surface area contributed by atoms with Crippen LogP contribution in [0.1, 0.15) is 24.1 Å². The first-order chi connectivity index (χ1) is 16.5. The topological polar surface area (TPSA) is 63.5 Å². The number of thiazole rings is 1. The van der Waals surface area contributed by atoms with E-state index in [1.54, 1.807) is 4.57 Å². The molecule has 5 rings (SSSR count). The van der Waals surface area contributed by atoms with Gasteiger partial charge < -0.3 is 5.32 Å². The summed E-state index contributed by atoms with van der Waals surface area (Å²) in [6, 6.07) is 26.1. The third kappa shape index (κ3) is 4.32. The summed E-state index contributed by atoms with van der Waals surface area (Å²) in [7, 11) is 0. The lowest BCUT2D eigenvalue weighted by Gasteiger charge is -2.25. The van der Waals surface area contributed by atoms with Gasteiger partial charge in [-0.1, -0.05) is 87.9 Å². The molecule has 3 aromatic carbocycles. The molecule has 0 aliphatic carbocycles.